The summed E-state index contributed by atoms with van der Waals surface area (Å²) in [5.74, 6) is 2.24. The molecule has 7 heteroatoms. The van der Waals surface area contributed by atoms with Gasteiger partial charge in [0.25, 0.3) is 5.91 Å². The molecule has 2 aromatic rings. The maximum atomic E-state index is 12.6. The van der Waals surface area contributed by atoms with Gasteiger partial charge in [0, 0.05) is 24.4 Å². The first-order valence-corrected chi connectivity index (χ1v) is 8.56. The number of aryl methyl sites for hydroxylation is 1. The van der Waals surface area contributed by atoms with Crippen molar-refractivity contribution in [3.8, 4) is 0 Å². The molecule has 0 saturated carbocycles. The van der Waals surface area contributed by atoms with Crippen LogP contribution in [0.5, 0.6) is 0 Å². The number of amides is 1. The van der Waals surface area contributed by atoms with E-state index in [1.165, 1.54) is 11.3 Å². The zero-order chi connectivity index (χ0) is 15.7. The minimum Gasteiger partial charge on any atom is -0.336 e. The lowest BCUT2D eigenvalue weighted by atomic mass is 9.97. The first-order valence-electron chi connectivity index (χ1n) is 7.68. The third kappa shape index (κ3) is 3.04. The van der Waals surface area contributed by atoms with Crippen LogP contribution < -0.4 is 0 Å². The Bertz CT molecular complexity index is 662. The van der Waals surface area contributed by atoms with Gasteiger partial charge in [0.05, 0.1) is 5.69 Å². The highest BCUT2D eigenvalue weighted by atomic mass is 32.1. The number of aromatic nitrogens is 4. The van der Waals surface area contributed by atoms with Crippen molar-refractivity contribution in [2.45, 2.75) is 45.4 Å². The average Bonchev–Trinajstić information content (AvgIpc) is 3.15. The average molecular weight is 319 g/mol. The van der Waals surface area contributed by atoms with Crippen LogP contribution in [-0.4, -0.2) is 44.1 Å². The number of hydrogen-bond acceptors (Lipinski definition) is 5. The number of rotatable bonds is 3. The molecule has 1 aliphatic rings. The zero-order valence-electron chi connectivity index (χ0n) is 13.2. The number of carbonyl (C=O) groups excluding carboxylic acids is 1. The number of H-pyrrole nitrogens is 1. The highest BCUT2D eigenvalue weighted by Crippen LogP contribution is 2.26. The predicted molar refractivity (Wildman–Crippen MR) is 85.2 cm³/mol. The summed E-state index contributed by atoms with van der Waals surface area (Å²) < 4.78 is 0. The molecule has 2 aromatic heterocycles. The van der Waals surface area contributed by atoms with Crippen LogP contribution in [0.4, 0.5) is 0 Å². The summed E-state index contributed by atoms with van der Waals surface area (Å²) in [5, 5.41) is 9.71. The maximum Gasteiger partial charge on any atom is 0.282 e. The van der Waals surface area contributed by atoms with Gasteiger partial charge in [0.1, 0.15) is 5.82 Å². The summed E-state index contributed by atoms with van der Waals surface area (Å²) in [6, 6.07) is 0. The monoisotopic (exact) mass is 319 g/mol. The molecule has 1 aliphatic heterocycles. The molecule has 0 aromatic carbocycles. The van der Waals surface area contributed by atoms with Gasteiger partial charge >= 0.3 is 0 Å². The molecule has 1 saturated heterocycles. The van der Waals surface area contributed by atoms with Crippen LogP contribution in [0, 0.1) is 6.92 Å². The van der Waals surface area contributed by atoms with Crippen LogP contribution in [0.15, 0.2) is 5.38 Å². The molecule has 1 N–H and O–H groups in total. The van der Waals surface area contributed by atoms with E-state index < -0.39 is 0 Å². The smallest absolute Gasteiger partial charge is 0.282 e. The molecule has 0 aliphatic carbocycles. The van der Waals surface area contributed by atoms with E-state index in [4.69, 9.17) is 0 Å². The van der Waals surface area contributed by atoms with Gasteiger partial charge in [0.15, 0.2) is 10.8 Å². The van der Waals surface area contributed by atoms with Gasteiger partial charge in [-0.3, -0.25) is 9.89 Å². The van der Waals surface area contributed by atoms with Crippen molar-refractivity contribution in [1.29, 1.82) is 0 Å². The quantitative estimate of drug-likeness (QED) is 0.944. The topological polar surface area (TPSA) is 74.8 Å². The summed E-state index contributed by atoms with van der Waals surface area (Å²) in [7, 11) is 0. The fraction of sp³-hybridized carbons (Fsp3) is 0.600. The Morgan fingerprint density at radius 2 is 2.27 bits per heavy atom. The summed E-state index contributed by atoms with van der Waals surface area (Å²) in [6.45, 7) is 7.53. The second kappa shape index (κ2) is 6.16. The standard InChI is InChI=1S/C15H21N5OS/c1-9(2)12-8-22-14(17-12)15(21)20-6-4-5-11(7-20)13-16-10(3)18-19-13/h8-9,11H,4-7H2,1-3H3,(H,16,18,19). The molecule has 1 atom stereocenters. The Labute approximate surface area is 134 Å². The number of carbonyl (C=O) groups is 1. The number of nitrogens with one attached hydrogen (secondary N) is 1. The molecule has 0 bridgehead atoms. The molecular formula is C15H21N5OS. The van der Waals surface area contributed by atoms with Crippen molar-refractivity contribution >= 4 is 17.2 Å². The second-order valence-electron chi connectivity index (χ2n) is 6.10. The van der Waals surface area contributed by atoms with Crippen LogP contribution in [0.3, 0.4) is 0 Å². The van der Waals surface area contributed by atoms with Crippen molar-refractivity contribution in [2.75, 3.05) is 13.1 Å². The summed E-state index contributed by atoms with van der Waals surface area (Å²) in [6.07, 6.45) is 2.00. The van der Waals surface area contributed by atoms with Crippen LogP contribution in [0.25, 0.3) is 0 Å². The van der Waals surface area contributed by atoms with E-state index in [0.29, 0.717) is 17.5 Å². The van der Waals surface area contributed by atoms with Crippen molar-refractivity contribution in [1.82, 2.24) is 25.1 Å². The third-order valence-corrected chi connectivity index (χ3v) is 4.83. The number of nitrogens with zero attached hydrogens (tertiary/aromatic N) is 4. The fourth-order valence-corrected chi connectivity index (χ4v) is 3.65. The molecule has 1 fully saturated rings. The lowest BCUT2D eigenvalue weighted by Crippen LogP contribution is -2.39. The van der Waals surface area contributed by atoms with Crippen LogP contribution in [-0.2, 0) is 0 Å². The summed E-state index contributed by atoms with van der Waals surface area (Å²) >= 11 is 1.44. The van der Waals surface area contributed by atoms with E-state index in [-0.39, 0.29) is 11.8 Å². The van der Waals surface area contributed by atoms with E-state index >= 15 is 0 Å². The fourth-order valence-electron chi connectivity index (χ4n) is 2.70. The van der Waals surface area contributed by atoms with E-state index in [0.717, 1.165) is 36.7 Å². The van der Waals surface area contributed by atoms with Crippen LogP contribution >= 0.6 is 11.3 Å². The number of piperidine rings is 1. The molecule has 22 heavy (non-hydrogen) atoms. The minimum atomic E-state index is 0.0360. The molecule has 6 nitrogen and oxygen atoms in total. The number of thiazole rings is 1. The van der Waals surface area contributed by atoms with E-state index in [1.807, 2.05) is 17.2 Å². The van der Waals surface area contributed by atoms with Crippen molar-refractivity contribution in [3.05, 3.63) is 27.7 Å². The van der Waals surface area contributed by atoms with E-state index in [1.54, 1.807) is 0 Å². The normalized spacial score (nSPS) is 18.9. The Morgan fingerprint density at radius 1 is 1.45 bits per heavy atom. The highest BCUT2D eigenvalue weighted by molar-refractivity contribution is 7.11. The molecule has 1 unspecified atom stereocenters. The molecule has 0 radical (unpaired) electrons. The molecule has 118 valence electrons. The van der Waals surface area contributed by atoms with Crippen molar-refractivity contribution < 1.29 is 4.79 Å². The second-order valence-corrected chi connectivity index (χ2v) is 6.96. The Kier molecular flexibility index (Phi) is 4.24. The van der Waals surface area contributed by atoms with E-state index in [9.17, 15) is 4.79 Å². The van der Waals surface area contributed by atoms with Crippen LogP contribution in [0.2, 0.25) is 0 Å². The van der Waals surface area contributed by atoms with Crippen molar-refractivity contribution in [2.24, 2.45) is 0 Å². The molecule has 0 spiro atoms. The third-order valence-electron chi connectivity index (χ3n) is 3.98. The molecular weight excluding hydrogens is 298 g/mol. The van der Waals surface area contributed by atoms with Gasteiger partial charge in [-0.25, -0.2) is 9.97 Å². The van der Waals surface area contributed by atoms with Gasteiger partial charge in [-0.15, -0.1) is 11.3 Å². The Hall–Kier alpha value is -1.76. The SMILES string of the molecule is Cc1nc(C2CCCN(C(=O)c3nc(C(C)C)cs3)C2)n[nH]1. The lowest BCUT2D eigenvalue weighted by Gasteiger charge is -2.30. The Morgan fingerprint density at radius 3 is 2.91 bits per heavy atom. The van der Waals surface area contributed by atoms with Gasteiger partial charge in [-0.05, 0) is 25.7 Å². The zero-order valence-corrected chi connectivity index (χ0v) is 14.0. The largest absolute Gasteiger partial charge is 0.336 e. The maximum absolute atomic E-state index is 12.6. The summed E-state index contributed by atoms with van der Waals surface area (Å²) in [4.78, 5) is 23.4. The predicted octanol–water partition coefficient (Wildman–Crippen LogP) is 2.71. The first kappa shape index (κ1) is 15.1. The lowest BCUT2D eigenvalue weighted by molar-refractivity contribution is 0.0704. The van der Waals surface area contributed by atoms with Gasteiger partial charge in [0.2, 0.25) is 0 Å². The highest BCUT2D eigenvalue weighted by Gasteiger charge is 2.29. The van der Waals surface area contributed by atoms with E-state index in [2.05, 4.69) is 34.0 Å². The molecule has 3 rings (SSSR count). The van der Waals surface area contributed by atoms with Gasteiger partial charge in [-0.1, -0.05) is 13.8 Å². The van der Waals surface area contributed by atoms with Crippen molar-refractivity contribution in [3.63, 3.8) is 0 Å². The summed E-state index contributed by atoms with van der Waals surface area (Å²) in [5.41, 5.74) is 0.992. The van der Waals surface area contributed by atoms with Crippen LogP contribution in [0.1, 0.15) is 65.7 Å². The van der Waals surface area contributed by atoms with Gasteiger partial charge < -0.3 is 4.90 Å². The number of aromatic amines is 1. The molecule has 3 heterocycles. The first-order chi connectivity index (χ1) is 10.5. The Balaban J connectivity index is 1.72. The number of hydrogen-bond donors (Lipinski definition) is 1. The number of likely N-dealkylation sites (tertiary alicyclic amines) is 1. The molecule has 1 amide bonds. The minimum absolute atomic E-state index is 0.0360. The van der Waals surface area contributed by atoms with Gasteiger partial charge in [-0.2, -0.15) is 5.10 Å².